The number of nitrogens with zero attached hydrogens (tertiary/aromatic N) is 3. The SMILES string of the molecule is CCn1cnnc1CCC(C)OC. The fourth-order valence-electron chi connectivity index (χ4n) is 1.19. The monoisotopic (exact) mass is 183 g/mol. The molecule has 0 amide bonds. The fourth-order valence-corrected chi connectivity index (χ4v) is 1.19. The highest BCUT2D eigenvalue weighted by molar-refractivity contribution is 4.85. The van der Waals surface area contributed by atoms with Crippen molar-refractivity contribution in [3.8, 4) is 0 Å². The minimum absolute atomic E-state index is 0.294. The van der Waals surface area contributed by atoms with E-state index in [1.807, 2.05) is 0 Å². The van der Waals surface area contributed by atoms with E-state index in [1.165, 1.54) is 0 Å². The van der Waals surface area contributed by atoms with Crippen LogP contribution in [0.15, 0.2) is 6.33 Å². The molecule has 0 spiro atoms. The Morgan fingerprint density at radius 1 is 1.62 bits per heavy atom. The van der Waals surface area contributed by atoms with Crippen LogP contribution in [-0.2, 0) is 17.7 Å². The summed E-state index contributed by atoms with van der Waals surface area (Å²) in [5.41, 5.74) is 0. The molecule has 4 nitrogen and oxygen atoms in total. The second-order valence-electron chi connectivity index (χ2n) is 3.12. The molecule has 1 heterocycles. The van der Waals surface area contributed by atoms with Gasteiger partial charge in [0, 0.05) is 20.1 Å². The zero-order chi connectivity index (χ0) is 9.68. The van der Waals surface area contributed by atoms with Gasteiger partial charge in [-0.1, -0.05) is 0 Å². The Kier molecular flexibility index (Phi) is 3.89. The Balaban J connectivity index is 2.44. The molecule has 0 bridgehead atoms. The molecule has 1 rings (SSSR count). The van der Waals surface area contributed by atoms with Gasteiger partial charge in [-0.05, 0) is 20.3 Å². The lowest BCUT2D eigenvalue weighted by Gasteiger charge is -2.08. The van der Waals surface area contributed by atoms with Crippen LogP contribution in [0.3, 0.4) is 0 Å². The third-order valence-corrected chi connectivity index (χ3v) is 2.21. The second-order valence-corrected chi connectivity index (χ2v) is 3.12. The summed E-state index contributed by atoms with van der Waals surface area (Å²) in [6.07, 6.45) is 3.99. The van der Waals surface area contributed by atoms with Gasteiger partial charge in [0.25, 0.3) is 0 Å². The van der Waals surface area contributed by atoms with Crippen LogP contribution in [-0.4, -0.2) is 28.0 Å². The molecule has 74 valence electrons. The van der Waals surface area contributed by atoms with Crippen molar-refractivity contribution in [2.75, 3.05) is 7.11 Å². The maximum Gasteiger partial charge on any atom is 0.132 e. The summed E-state index contributed by atoms with van der Waals surface area (Å²) in [5.74, 6) is 1.05. The molecule has 1 aromatic heterocycles. The Labute approximate surface area is 78.9 Å². The largest absolute Gasteiger partial charge is 0.382 e. The van der Waals surface area contributed by atoms with Gasteiger partial charge in [0.2, 0.25) is 0 Å². The number of rotatable bonds is 5. The molecule has 0 aliphatic rings. The molecule has 13 heavy (non-hydrogen) atoms. The van der Waals surface area contributed by atoms with Gasteiger partial charge in [0.05, 0.1) is 6.10 Å². The standard InChI is InChI=1S/C9H17N3O/c1-4-12-7-10-11-9(12)6-5-8(2)13-3/h7-8H,4-6H2,1-3H3. The first-order chi connectivity index (χ1) is 6.27. The lowest BCUT2D eigenvalue weighted by molar-refractivity contribution is 0.110. The van der Waals surface area contributed by atoms with Crippen LogP contribution in [0.1, 0.15) is 26.1 Å². The summed E-state index contributed by atoms with van der Waals surface area (Å²) >= 11 is 0. The first kappa shape index (κ1) is 10.2. The fraction of sp³-hybridized carbons (Fsp3) is 0.778. The summed E-state index contributed by atoms with van der Waals surface area (Å²) in [5, 5.41) is 7.92. The zero-order valence-corrected chi connectivity index (χ0v) is 8.53. The Hall–Kier alpha value is -0.900. The van der Waals surface area contributed by atoms with E-state index in [4.69, 9.17) is 4.74 Å². The van der Waals surface area contributed by atoms with E-state index in [-0.39, 0.29) is 0 Å². The van der Waals surface area contributed by atoms with Crippen LogP contribution < -0.4 is 0 Å². The van der Waals surface area contributed by atoms with Crippen molar-refractivity contribution in [2.24, 2.45) is 0 Å². The topological polar surface area (TPSA) is 39.9 Å². The number of aryl methyl sites for hydroxylation is 2. The molecular weight excluding hydrogens is 166 g/mol. The average Bonchev–Trinajstić information content (AvgIpc) is 2.61. The van der Waals surface area contributed by atoms with Crippen molar-refractivity contribution >= 4 is 0 Å². The minimum Gasteiger partial charge on any atom is -0.382 e. The first-order valence-corrected chi connectivity index (χ1v) is 4.67. The van der Waals surface area contributed by atoms with E-state index in [0.717, 1.165) is 25.2 Å². The zero-order valence-electron chi connectivity index (χ0n) is 8.53. The van der Waals surface area contributed by atoms with E-state index < -0.39 is 0 Å². The molecule has 0 aliphatic carbocycles. The van der Waals surface area contributed by atoms with Gasteiger partial charge in [-0.3, -0.25) is 0 Å². The maximum absolute atomic E-state index is 5.16. The quantitative estimate of drug-likeness (QED) is 0.690. The number of methoxy groups -OCH3 is 1. The van der Waals surface area contributed by atoms with Crippen LogP contribution in [0.4, 0.5) is 0 Å². The molecule has 0 N–H and O–H groups in total. The van der Waals surface area contributed by atoms with Gasteiger partial charge in [0.1, 0.15) is 12.2 Å². The summed E-state index contributed by atoms with van der Waals surface area (Å²) < 4.78 is 7.22. The van der Waals surface area contributed by atoms with E-state index in [1.54, 1.807) is 13.4 Å². The molecule has 1 atom stereocenters. The molecule has 1 aromatic rings. The summed E-state index contributed by atoms with van der Waals surface area (Å²) in [7, 11) is 1.73. The van der Waals surface area contributed by atoms with Gasteiger partial charge >= 0.3 is 0 Å². The van der Waals surface area contributed by atoms with Crippen LogP contribution >= 0.6 is 0 Å². The summed E-state index contributed by atoms with van der Waals surface area (Å²) in [4.78, 5) is 0. The van der Waals surface area contributed by atoms with Crippen LogP contribution in [0.2, 0.25) is 0 Å². The molecule has 0 fully saturated rings. The highest BCUT2D eigenvalue weighted by Gasteiger charge is 2.05. The second kappa shape index (κ2) is 4.97. The van der Waals surface area contributed by atoms with Crippen molar-refractivity contribution in [1.29, 1.82) is 0 Å². The van der Waals surface area contributed by atoms with Crippen LogP contribution in [0.25, 0.3) is 0 Å². The first-order valence-electron chi connectivity index (χ1n) is 4.67. The Morgan fingerprint density at radius 2 is 2.38 bits per heavy atom. The van der Waals surface area contributed by atoms with E-state index in [9.17, 15) is 0 Å². The van der Waals surface area contributed by atoms with E-state index in [0.29, 0.717) is 6.10 Å². The number of hydrogen-bond donors (Lipinski definition) is 0. The van der Waals surface area contributed by atoms with Crippen molar-refractivity contribution in [1.82, 2.24) is 14.8 Å². The highest BCUT2D eigenvalue weighted by Crippen LogP contribution is 2.03. The van der Waals surface area contributed by atoms with Crippen molar-refractivity contribution < 1.29 is 4.74 Å². The summed E-state index contributed by atoms with van der Waals surface area (Å²) in [6, 6.07) is 0. The number of aromatic nitrogens is 3. The molecule has 4 heteroatoms. The molecule has 0 aliphatic heterocycles. The highest BCUT2D eigenvalue weighted by atomic mass is 16.5. The molecule has 0 saturated carbocycles. The van der Waals surface area contributed by atoms with Crippen molar-refractivity contribution in [3.63, 3.8) is 0 Å². The molecule has 0 radical (unpaired) electrons. The third kappa shape index (κ3) is 2.81. The predicted octanol–water partition coefficient (Wildman–Crippen LogP) is 1.27. The summed E-state index contributed by atoms with van der Waals surface area (Å²) in [6.45, 7) is 5.09. The normalized spacial score (nSPS) is 13.2. The lowest BCUT2D eigenvalue weighted by atomic mass is 10.2. The van der Waals surface area contributed by atoms with Gasteiger partial charge in [-0.25, -0.2) is 0 Å². The third-order valence-electron chi connectivity index (χ3n) is 2.21. The molecule has 1 unspecified atom stereocenters. The minimum atomic E-state index is 0.294. The van der Waals surface area contributed by atoms with Crippen LogP contribution in [0, 0.1) is 0 Å². The molecular formula is C9H17N3O. The van der Waals surface area contributed by atoms with Gasteiger partial charge in [-0.15, -0.1) is 10.2 Å². The van der Waals surface area contributed by atoms with E-state index >= 15 is 0 Å². The van der Waals surface area contributed by atoms with Crippen LogP contribution in [0.5, 0.6) is 0 Å². The van der Waals surface area contributed by atoms with Gasteiger partial charge < -0.3 is 9.30 Å². The van der Waals surface area contributed by atoms with Crippen molar-refractivity contribution in [2.45, 2.75) is 39.3 Å². The van der Waals surface area contributed by atoms with Crippen molar-refractivity contribution in [3.05, 3.63) is 12.2 Å². The molecule has 0 saturated heterocycles. The predicted molar refractivity (Wildman–Crippen MR) is 50.5 cm³/mol. The number of ether oxygens (including phenoxy) is 1. The average molecular weight is 183 g/mol. The van der Waals surface area contributed by atoms with E-state index in [2.05, 4.69) is 28.6 Å². The van der Waals surface area contributed by atoms with Gasteiger partial charge in [-0.2, -0.15) is 0 Å². The number of hydrogen-bond acceptors (Lipinski definition) is 3. The Bertz CT molecular complexity index is 247. The molecule has 0 aromatic carbocycles. The Morgan fingerprint density at radius 3 is 3.00 bits per heavy atom. The lowest BCUT2D eigenvalue weighted by Crippen LogP contribution is -2.09. The van der Waals surface area contributed by atoms with Gasteiger partial charge in [0.15, 0.2) is 0 Å². The maximum atomic E-state index is 5.16. The smallest absolute Gasteiger partial charge is 0.132 e.